The summed E-state index contributed by atoms with van der Waals surface area (Å²) in [7, 11) is 3.06. The Labute approximate surface area is 107 Å². The molecule has 1 fully saturated rings. The first kappa shape index (κ1) is 12.9. The lowest BCUT2D eigenvalue weighted by Crippen LogP contribution is -2.33. The molecule has 2 atom stereocenters. The van der Waals surface area contributed by atoms with Crippen molar-refractivity contribution in [1.29, 1.82) is 0 Å². The van der Waals surface area contributed by atoms with Crippen LogP contribution in [0.2, 0.25) is 0 Å². The van der Waals surface area contributed by atoms with E-state index in [1.54, 1.807) is 7.11 Å². The van der Waals surface area contributed by atoms with Crippen LogP contribution in [-0.2, 0) is 14.3 Å². The van der Waals surface area contributed by atoms with Crippen molar-refractivity contribution >= 4 is 5.97 Å². The van der Waals surface area contributed by atoms with E-state index in [0.29, 0.717) is 13.2 Å². The highest BCUT2D eigenvalue weighted by Crippen LogP contribution is 2.34. The minimum Gasteiger partial charge on any atom is -0.497 e. The van der Waals surface area contributed by atoms with Gasteiger partial charge in [0.1, 0.15) is 5.75 Å². The third kappa shape index (κ3) is 2.64. The normalized spacial score (nSPS) is 23.4. The number of carbonyl (C=O) groups is 1. The van der Waals surface area contributed by atoms with Gasteiger partial charge in [0, 0.05) is 12.5 Å². The largest absolute Gasteiger partial charge is 0.497 e. The number of hydrogen-bond donors (Lipinski definition) is 0. The Morgan fingerprint density at radius 2 is 2.22 bits per heavy atom. The fourth-order valence-corrected chi connectivity index (χ4v) is 2.39. The van der Waals surface area contributed by atoms with E-state index < -0.39 is 0 Å². The van der Waals surface area contributed by atoms with Crippen LogP contribution in [0.3, 0.4) is 0 Å². The van der Waals surface area contributed by atoms with Gasteiger partial charge in [0.25, 0.3) is 0 Å². The molecule has 18 heavy (non-hydrogen) atoms. The number of carbonyl (C=O) groups excluding carboxylic acids is 1. The fraction of sp³-hybridized carbons (Fsp3) is 0.500. The van der Waals surface area contributed by atoms with Gasteiger partial charge in [-0.3, -0.25) is 4.79 Å². The molecule has 4 nitrogen and oxygen atoms in total. The Morgan fingerprint density at radius 1 is 1.39 bits per heavy atom. The molecule has 0 aliphatic carbocycles. The van der Waals surface area contributed by atoms with Crippen LogP contribution in [0.5, 0.6) is 5.75 Å². The summed E-state index contributed by atoms with van der Waals surface area (Å²) in [6.07, 6.45) is 0.826. The van der Waals surface area contributed by atoms with Crippen molar-refractivity contribution in [1.82, 2.24) is 0 Å². The van der Waals surface area contributed by atoms with E-state index in [-0.39, 0.29) is 17.8 Å². The first-order chi connectivity index (χ1) is 8.76. The van der Waals surface area contributed by atoms with Gasteiger partial charge in [-0.05, 0) is 24.1 Å². The molecule has 2 rings (SSSR count). The Balaban J connectivity index is 2.24. The second-order valence-electron chi connectivity index (χ2n) is 4.38. The lowest BCUT2D eigenvalue weighted by atomic mass is 9.82. The van der Waals surface area contributed by atoms with Crippen molar-refractivity contribution in [3.05, 3.63) is 29.8 Å². The molecular formula is C14H18O4. The van der Waals surface area contributed by atoms with Gasteiger partial charge in [-0.1, -0.05) is 12.1 Å². The molecule has 4 heteroatoms. The number of rotatable bonds is 3. The summed E-state index contributed by atoms with van der Waals surface area (Å²) in [5.41, 5.74) is 1.10. The second-order valence-corrected chi connectivity index (χ2v) is 4.38. The highest BCUT2D eigenvalue weighted by atomic mass is 16.5. The van der Waals surface area contributed by atoms with Crippen LogP contribution in [0.4, 0.5) is 0 Å². The highest BCUT2D eigenvalue weighted by molar-refractivity contribution is 5.74. The summed E-state index contributed by atoms with van der Waals surface area (Å²) in [5, 5.41) is 0. The minimum atomic E-state index is -0.226. The molecule has 1 heterocycles. The molecule has 0 unspecified atom stereocenters. The number of ether oxygens (including phenoxy) is 3. The Morgan fingerprint density at radius 3 is 2.94 bits per heavy atom. The van der Waals surface area contributed by atoms with Gasteiger partial charge >= 0.3 is 5.97 Å². The van der Waals surface area contributed by atoms with Gasteiger partial charge < -0.3 is 14.2 Å². The van der Waals surface area contributed by atoms with Crippen LogP contribution < -0.4 is 4.74 Å². The topological polar surface area (TPSA) is 44.8 Å². The van der Waals surface area contributed by atoms with Crippen molar-refractivity contribution in [2.75, 3.05) is 27.4 Å². The summed E-state index contributed by atoms with van der Waals surface area (Å²) in [6, 6.07) is 7.84. The summed E-state index contributed by atoms with van der Waals surface area (Å²) >= 11 is 0. The van der Waals surface area contributed by atoms with Crippen LogP contribution in [0.25, 0.3) is 0 Å². The number of esters is 1. The van der Waals surface area contributed by atoms with Crippen molar-refractivity contribution in [3.8, 4) is 5.75 Å². The van der Waals surface area contributed by atoms with E-state index >= 15 is 0 Å². The van der Waals surface area contributed by atoms with Crippen LogP contribution in [0.15, 0.2) is 24.3 Å². The molecule has 0 spiro atoms. The van der Waals surface area contributed by atoms with Gasteiger partial charge in [-0.15, -0.1) is 0 Å². The quantitative estimate of drug-likeness (QED) is 0.770. The maximum atomic E-state index is 11.8. The fourth-order valence-electron chi connectivity index (χ4n) is 2.39. The van der Waals surface area contributed by atoms with E-state index in [9.17, 15) is 4.79 Å². The molecule has 1 aromatic rings. The average molecular weight is 250 g/mol. The van der Waals surface area contributed by atoms with E-state index in [4.69, 9.17) is 14.2 Å². The zero-order valence-electron chi connectivity index (χ0n) is 10.7. The predicted octanol–water partition coefficient (Wildman–Crippen LogP) is 1.99. The van der Waals surface area contributed by atoms with Crippen molar-refractivity contribution < 1.29 is 19.0 Å². The molecule has 1 aromatic carbocycles. The van der Waals surface area contributed by atoms with Gasteiger partial charge in [0.15, 0.2) is 0 Å². The van der Waals surface area contributed by atoms with Gasteiger partial charge in [-0.2, -0.15) is 0 Å². The van der Waals surface area contributed by atoms with E-state index in [1.807, 2.05) is 24.3 Å². The van der Waals surface area contributed by atoms with Crippen molar-refractivity contribution in [2.24, 2.45) is 5.92 Å². The molecule has 1 aliphatic rings. The van der Waals surface area contributed by atoms with Crippen LogP contribution in [0, 0.1) is 5.92 Å². The molecular weight excluding hydrogens is 232 g/mol. The van der Waals surface area contributed by atoms with Crippen molar-refractivity contribution in [3.63, 3.8) is 0 Å². The monoisotopic (exact) mass is 250 g/mol. The van der Waals surface area contributed by atoms with Crippen LogP contribution >= 0.6 is 0 Å². The van der Waals surface area contributed by atoms with E-state index in [0.717, 1.165) is 17.7 Å². The summed E-state index contributed by atoms with van der Waals surface area (Å²) in [6.45, 7) is 1.10. The summed E-state index contributed by atoms with van der Waals surface area (Å²) in [4.78, 5) is 11.8. The zero-order valence-corrected chi connectivity index (χ0v) is 10.7. The Hall–Kier alpha value is -1.55. The minimum absolute atomic E-state index is 0.140. The molecule has 0 N–H and O–H groups in total. The first-order valence-corrected chi connectivity index (χ1v) is 6.05. The molecule has 0 aromatic heterocycles. The molecule has 0 amide bonds. The standard InChI is InChI=1S/C14H18O4/c1-16-11-5-3-4-10(8-11)12-6-7-18-9-13(12)14(15)17-2/h3-5,8,12-13H,6-7,9H2,1-2H3/t12-,13-/m1/s1. The molecule has 1 aliphatic heterocycles. The molecule has 0 bridgehead atoms. The third-order valence-electron chi connectivity index (χ3n) is 3.38. The Kier molecular flexibility index (Phi) is 4.20. The molecule has 0 saturated carbocycles. The molecule has 1 saturated heterocycles. The lowest BCUT2D eigenvalue weighted by molar-refractivity contribution is -0.150. The maximum Gasteiger partial charge on any atom is 0.311 e. The average Bonchev–Trinajstić information content (AvgIpc) is 2.46. The highest BCUT2D eigenvalue weighted by Gasteiger charge is 2.33. The SMILES string of the molecule is COC(=O)[C@@H]1COCC[C@@H]1c1cccc(OC)c1. The number of methoxy groups -OCH3 is 2. The predicted molar refractivity (Wildman–Crippen MR) is 66.7 cm³/mol. The van der Waals surface area contributed by atoms with Crippen LogP contribution in [0.1, 0.15) is 17.9 Å². The lowest BCUT2D eigenvalue weighted by Gasteiger charge is -2.30. The van der Waals surface area contributed by atoms with Crippen LogP contribution in [-0.4, -0.2) is 33.4 Å². The van der Waals surface area contributed by atoms with E-state index in [2.05, 4.69) is 0 Å². The number of hydrogen-bond acceptors (Lipinski definition) is 4. The zero-order chi connectivity index (χ0) is 13.0. The maximum absolute atomic E-state index is 11.8. The molecule has 98 valence electrons. The second kappa shape index (κ2) is 5.87. The summed E-state index contributed by atoms with van der Waals surface area (Å²) in [5.74, 6) is 0.516. The van der Waals surface area contributed by atoms with Gasteiger partial charge in [-0.25, -0.2) is 0 Å². The van der Waals surface area contributed by atoms with Gasteiger partial charge in [0.2, 0.25) is 0 Å². The van der Waals surface area contributed by atoms with E-state index in [1.165, 1.54) is 7.11 Å². The van der Waals surface area contributed by atoms with Gasteiger partial charge in [0.05, 0.1) is 26.7 Å². The molecule has 0 radical (unpaired) electrons. The van der Waals surface area contributed by atoms with Crippen molar-refractivity contribution in [2.45, 2.75) is 12.3 Å². The third-order valence-corrected chi connectivity index (χ3v) is 3.38. The number of benzene rings is 1. The first-order valence-electron chi connectivity index (χ1n) is 6.05. The Bertz CT molecular complexity index is 416. The summed E-state index contributed by atoms with van der Waals surface area (Å²) < 4.78 is 15.4. The smallest absolute Gasteiger partial charge is 0.311 e.